The summed E-state index contributed by atoms with van der Waals surface area (Å²) in [5.41, 5.74) is 4.73. The molecule has 6 heteroatoms. The molecule has 1 atom stereocenters. The minimum atomic E-state index is -0.679. The molecule has 0 aliphatic rings. The zero-order valence-electron chi connectivity index (χ0n) is 9.81. The maximum absolute atomic E-state index is 11.4. The van der Waals surface area contributed by atoms with Crippen LogP contribution in [0.2, 0.25) is 0 Å². The van der Waals surface area contributed by atoms with Crippen LogP contribution in [-0.4, -0.2) is 32.8 Å². The zero-order chi connectivity index (χ0) is 12.0. The van der Waals surface area contributed by atoms with Crippen molar-refractivity contribution in [3.8, 4) is 0 Å². The van der Waals surface area contributed by atoms with E-state index in [0.717, 1.165) is 13.0 Å². The Labute approximate surface area is 95.2 Å². The third-order valence-electron chi connectivity index (χ3n) is 2.62. The van der Waals surface area contributed by atoms with Crippen LogP contribution < -0.4 is 11.1 Å². The number of carbonyl (C=O) groups excluding carboxylic acids is 1. The van der Waals surface area contributed by atoms with Crippen LogP contribution in [-0.2, 0) is 11.3 Å². The predicted molar refractivity (Wildman–Crippen MR) is 60.5 cm³/mol. The molecule has 0 aliphatic heterocycles. The third kappa shape index (κ3) is 3.30. The van der Waals surface area contributed by atoms with Crippen LogP contribution in [0.15, 0.2) is 12.7 Å². The van der Waals surface area contributed by atoms with Crippen molar-refractivity contribution in [2.45, 2.75) is 38.8 Å². The topological polar surface area (TPSA) is 85.8 Å². The molecule has 0 saturated carbocycles. The summed E-state index contributed by atoms with van der Waals surface area (Å²) in [5.74, 6) is -0.332. The lowest BCUT2D eigenvalue weighted by atomic mass is 9.97. The smallest absolute Gasteiger partial charge is 0.237 e. The fourth-order valence-corrected chi connectivity index (χ4v) is 1.39. The maximum Gasteiger partial charge on any atom is 0.237 e. The molecule has 6 nitrogen and oxygen atoms in total. The van der Waals surface area contributed by atoms with Gasteiger partial charge in [-0.3, -0.25) is 9.48 Å². The summed E-state index contributed by atoms with van der Waals surface area (Å²) >= 11 is 0. The summed E-state index contributed by atoms with van der Waals surface area (Å²) in [5, 5.41) is 7.16. The van der Waals surface area contributed by atoms with E-state index in [9.17, 15) is 4.79 Å². The lowest BCUT2D eigenvalue weighted by Crippen LogP contribution is -2.53. The summed E-state index contributed by atoms with van der Waals surface area (Å²) in [6, 6.07) is 0. The van der Waals surface area contributed by atoms with Gasteiger partial charge < -0.3 is 11.1 Å². The number of nitrogens with two attached hydrogens (primary N) is 1. The molecule has 90 valence electrons. The number of nitrogens with zero attached hydrogens (tertiary/aromatic N) is 3. The Bertz CT molecular complexity index is 324. The first-order chi connectivity index (χ1) is 7.58. The van der Waals surface area contributed by atoms with Crippen LogP contribution in [0, 0.1) is 0 Å². The normalized spacial score (nSPS) is 14.6. The van der Waals surface area contributed by atoms with Gasteiger partial charge in [0.15, 0.2) is 0 Å². The number of hydrogen-bond acceptors (Lipinski definition) is 4. The van der Waals surface area contributed by atoms with Gasteiger partial charge in [-0.25, -0.2) is 4.98 Å². The molecule has 0 aliphatic carbocycles. The van der Waals surface area contributed by atoms with Crippen molar-refractivity contribution in [2.75, 3.05) is 6.54 Å². The van der Waals surface area contributed by atoms with E-state index >= 15 is 0 Å². The molecule has 1 rings (SSSR count). The summed E-state index contributed by atoms with van der Waals surface area (Å²) in [4.78, 5) is 15.2. The minimum absolute atomic E-state index is 0.332. The molecular weight excluding hydrogens is 206 g/mol. The number of carbonyl (C=O) groups is 1. The Hall–Kier alpha value is -1.43. The van der Waals surface area contributed by atoms with E-state index < -0.39 is 5.54 Å². The van der Waals surface area contributed by atoms with Gasteiger partial charge in [-0.2, -0.15) is 5.10 Å². The van der Waals surface area contributed by atoms with Crippen LogP contribution in [0.3, 0.4) is 0 Å². The number of hydrogen-bond donors (Lipinski definition) is 2. The third-order valence-corrected chi connectivity index (χ3v) is 2.62. The monoisotopic (exact) mass is 225 g/mol. The summed E-state index contributed by atoms with van der Waals surface area (Å²) in [6.45, 7) is 5.26. The average molecular weight is 225 g/mol. The van der Waals surface area contributed by atoms with Crippen LogP contribution in [0.25, 0.3) is 0 Å². The van der Waals surface area contributed by atoms with Gasteiger partial charge in [0.25, 0.3) is 0 Å². The molecule has 3 N–H and O–H groups in total. The Balaban J connectivity index is 2.53. The van der Waals surface area contributed by atoms with Crippen LogP contribution in [0.1, 0.15) is 26.7 Å². The fourth-order valence-electron chi connectivity index (χ4n) is 1.39. The van der Waals surface area contributed by atoms with Crippen LogP contribution >= 0.6 is 0 Å². The first kappa shape index (κ1) is 12.6. The Kier molecular flexibility index (Phi) is 4.42. The van der Waals surface area contributed by atoms with Crippen molar-refractivity contribution in [1.29, 1.82) is 0 Å². The standard InChI is InChI=1S/C10H19N5O/c1-3-5-13-10(2,9(11)16)4-6-15-8-12-7-14-15/h7-8,13H,3-6H2,1-2H3,(H2,11,16). The molecule has 16 heavy (non-hydrogen) atoms. The largest absolute Gasteiger partial charge is 0.368 e. The minimum Gasteiger partial charge on any atom is -0.368 e. The number of primary amides is 1. The van der Waals surface area contributed by atoms with Crippen molar-refractivity contribution in [1.82, 2.24) is 20.1 Å². The van der Waals surface area contributed by atoms with Gasteiger partial charge in [-0.15, -0.1) is 0 Å². The second-order valence-corrected chi connectivity index (χ2v) is 4.03. The molecule has 1 unspecified atom stereocenters. The lowest BCUT2D eigenvalue weighted by Gasteiger charge is -2.27. The Morgan fingerprint density at radius 1 is 1.62 bits per heavy atom. The van der Waals surface area contributed by atoms with Crippen molar-refractivity contribution in [3.05, 3.63) is 12.7 Å². The maximum atomic E-state index is 11.4. The number of amides is 1. The molecule has 1 heterocycles. The molecule has 0 fully saturated rings. The van der Waals surface area contributed by atoms with Gasteiger partial charge in [-0.1, -0.05) is 6.92 Å². The summed E-state index contributed by atoms with van der Waals surface area (Å²) < 4.78 is 1.69. The van der Waals surface area contributed by atoms with E-state index in [-0.39, 0.29) is 5.91 Å². The van der Waals surface area contributed by atoms with Gasteiger partial charge in [-0.05, 0) is 26.3 Å². The molecule has 1 amide bonds. The Morgan fingerprint density at radius 3 is 2.88 bits per heavy atom. The van der Waals surface area contributed by atoms with Crippen molar-refractivity contribution in [2.24, 2.45) is 5.73 Å². The Morgan fingerprint density at radius 2 is 2.38 bits per heavy atom. The van der Waals surface area contributed by atoms with E-state index in [1.165, 1.54) is 6.33 Å². The van der Waals surface area contributed by atoms with Gasteiger partial charge in [0, 0.05) is 6.54 Å². The average Bonchev–Trinajstić information content (AvgIpc) is 2.76. The van der Waals surface area contributed by atoms with E-state index in [1.807, 2.05) is 13.8 Å². The van der Waals surface area contributed by atoms with Crippen molar-refractivity contribution in [3.63, 3.8) is 0 Å². The number of aryl methyl sites for hydroxylation is 1. The number of aromatic nitrogens is 3. The number of rotatable bonds is 7. The van der Waals surface area contributed by atoms with E-state index in [2.05, 4.69) is 15.4 Å². The first-order valence-electron chi connectivity index (χ1n) is 5.46. The molecule has 1 aromatic heterocycles. The highest BCUT2D eigenvalue weighted by molar-refractivity contribution is 5.84. The van der Waals surface area contributed by atoms with Crippen molar-refractivity contribution < 1.29 is 4.79 Å². The van der Waals surface area contributed by atoms with Gasteiger partial charge in [0.1, 0.15) is 12.7 Å². The highest BCUT2D eigenvalue weighted by Gasteiger charge is 2.29. The predicted octanol–water partition coefficient (Wildman–Crippen LogP) is -0.0882. The van der Waals surface area contributed by atoms with E-state index in [1.54, 1.807) is 11.0 Å². The van der Waals surface area contributed by atoms with Crippen molar-refractivity contribution >= 4 is 5.91 Å². The molecule has 0 radical (unpaired) electrons. The number of nitrogens with one attached hydrogen (secondary N) is 1. The summed E-state index contributed by atoms with van der Waals surface area (Å²) in [6.07, 6.45) is 4.67. The highest BCUT2D eigenvalue weighted by atomic mass is 16.1. The second-order valence-electron chi connectivity index (χ2n) is 4.03. The first-order valence-corrected chi connectivity index (χ1v) is 5.46. The SMILES string of the molecule is CCCNC(C)(CCn1cncn1)C(N)=O. The van der Waals surface area contributed by atoms with E-state index in [4.69, 9.17) is 5.73 Å². The molecule has 0 bridgehead atoms. The molecule has 0 spiro atoms. The van der Waals surface area contributed by atoms with Gasteiger partial charge in [0.05, 0.1) is 5.54 Å². The molecule has 0 saturated heterocycles. The van der Waals surface area contributed by atoms with Gasteiger partial charge >= 0.3 is 0 Å². The quantitative estimate of drug-likeness (QED) is 0.679. The molecule has 0 aromatic carbocycles. The summed E-state index contributed by atoms with van der Waals surface area (Å²) in [7, 11) is 0. The molecule has 1 aromatic rings. The fraction of sp³-hybridized carbons (Fsp3) is 0.700. The lowest BCUT2D eigenvalue weighted by molar-refractivity contribution is -0.124. The van der Waals surface area contributed by atoms with E-state index in [0.29, 0.717) is 13.0 Å². The van der Waals surface area contributed by atoms with Crippen LogP contribution in [0.4, 0.5) is 0 Å². The second kappa shape index (κ2) is 5.60. The van der Waals surface area contributed by atoms with Crippen LogP contribution in [0.5, 0.6) is 0 Å². The molecular formula is C10H19N5O. The highest BCUT2D eigenvalue weighted by Crippen LogP contribution is 2.10. The van der Waals surface area contributed by atoms with Gasteiger partial charge in [0.2, 0.25) is 5.91 Å². The zero-order valence-corrected chi connectivity index (χ0v) is 9.81.